The van der Waals surface area contributed by atoms with E-state index in [0.717, 1.165) is 19.5 Å². The number of hydrogen-bond donors (Lipinski definition) is 0. The molecule has 0 unspecified atom stereocenters. The molecule has 1 saturated heterocycles. The highest BCUT2D eigenvalue weighted by Gasteiger charge is 2.25. The summed E-state index contributed by atoms with van der Waals surface area (Å²) in [6, 6.07) is 8.46. The summed E-state index contributed by atoms with van der Waals surface area (Å²) in [6.45, 7) is 6.49. The minimum Gasteiger partial charge on any atom is -0.339 e. The molecule has 0 saturated carbocycles. The van der Waals surface area contributed by atoms with Crippen LogP contribution in [0.5, 0.6) is 0 Å². The van der Waals surface area contributed by atoms with Gasteiger partial charge < -0.3 is 9.80 Å². The van der Waals surface area contributed by atoms with Crippen molar-refractivity contribution in [3.05, 3.63) is 35.4 Å². The number of benzene rings is 1. The van der Waals surface area contributed by atoms with Crippen LogP contribution < -0.4 is 0 Å². The minimum atomic E-state index is 0.0970. The van der Waals surface area contributed by atoms with Gasteiger partial charge in [-0.05, 0) is 17.5 Å². The third-order valence-corrected chi connectivity index (χ3v) is 4.65. The molecule has 22 heavy (non-hydrogen) atoms. The molecule has 0 bridgehead atoms. The van der Waals surface area contributed by atoms with E-state index in [1.165, 1.54) is 11.1 Å². The van der Waals surface area contributed by atoms with Crippen molar-refractivity contribution in [2.75, 3.05) is 39.3 Å². The van der Waals surface area contributed by atoms with Crippen molar-refractivity contribution in [3.8, 4) is 0 Å². The Morgan fingerprint density at radius 3 is 2.27 bits per heavy atom. The van der Waals surface area contributed by atoms with Crippen molar-refractivity contribution in [1.29, 1.82) is 0 Å². The van der Waals surface area contributed by atoms with Crippen LogP contribution in [-0.2, 0) is 22.6 Å². The zero-order valence-corrected chi connectivity index (χ0v) is 13.1. The number of fused-ring (bicyclic) bond motifs is 1. The van der Waals surface area contributed by atoms with Crippen LogP contribution >= 0.6 is 0 Å². The zero-order chi connectivity index (χ0) is 15.5. The van der Waals surface area contributed by atoms with Gasteiger partial charge in [0.15, 0.2) is 0 Å². The molecule has 2 heterocycles. The maximum absolute atomic E-state index is 12.4. The van der Waals surface area contributed by atoms with Crippen LogP contribution in [-0.4, -0.2) is 65.8 Å². The van der Waals surface area contributed by atoms with Gasteiger partial charge >= 0.3 is 0 Å². The van der Waals surface area contributed by atoms with Crippen LogP contribution in [0.25, 0.3) is 0 Å². The van der Waals surface area contributed by atoms with Crippen molar-refractivity contribution in [1.82, 2.24) is 14.7 Å². The Hall–Kier alpha value is -1.88. The van der Waals surface area contributed by atoms with Gasteiger partial charge in [-0.1, -0.05) is 24.3 Å². The van der Waals surface area contributed by atoms with E-state index in [-0.39, 0.29) is 11.8 Å². The van der Waals surface area contributed by atoms with Crippen molar-refractivity contribution in [2.45, 2.75) is 19.9 Å². The lowest BCUT2D eigenvalue weighted by Crippen LogP contribution is -2.52. The van der Waals surface area contributed by atoms with Gasteiger partial charge in [0.1, 0.15) is 0 Å². The zero-order valence-electron chi connectivity index (χ0n) is 13.1. The van der Waals surface area contributed by atoms with Crippen LogP contribution in [0.2, 0.25) is 0 Å². The van der Waals surface area contributed by atoms with Gasteiger partial charge in [-0.15, -0.1) is 0 Å². The number of carbonyl (C=O) groups is 2. The normalized spacial score (nSPS) is 19.0. The first-order valence-electron chi connectivity index (χ1n) is 7.96. The minimum absolute atomic E-state index is 0.0970. The fourth-order valence-electron chi connectivity index (χ4n) is 3.25. The van der Waals surface area contributed by atoms with Crippen molar-refractivity contribution >= 4 is 11.8 Å². The maximum Gasteiger partial charge on any atom is 0.236 e. The molecule has 1 aromatic rings. The molecule has 2 aliphatic heterocycles. The lowest BCUT2D eigenvalue weighted by molar-refractivity contribution is -0.139. The Morgan fingerprint density at radius 2 is 1.59 bits per heavy atom. The highest BCUT2D eigenvalue weighted by molar-refractivity contribution is 5.79. The predicted octanol–water partition coefficient (Wildman–Crippen LogP) is 0.735. The number of carbonyl (C=O) groups excluding carboxylic acids is 2. The first kappa shape index (κ1) is 15.0. The fourth-order valence-corrected chi connectivity index (χ4v) is 3.25. The molecule has 0 radical (unpaired) electrons. The van der Waals surface area contributed by atoms with Crippen LogP contribution in [0.3, 0.4) is 0 Å². The standard InChI is InChI=1S/C17H23N3O2/c1-14(21)19-8-10-20(11-9-19)17(22)13-18-7-6-15-4-2-3-5-16(15)12-18/h2-5H,6-13H2,1H3. The molecule has 5 heteroatoms. The fraction of sp³-hybridized carbons (Fsp3) is 0.529. The molecular weight excluding hydrogens is 278 g/mol. The number of rotatable bonds is 2. The van der Waals surface area contributed by atoms with E-state index in [1.807, 2.05) is 4.90 Å². The molecule has 1 fully saturated rings. The summed E-state index contributed by atoms with van der Waals surface area (Å²) in [5.41, 5.74) is 2.74. The summed E-state index contributed by atoms with van der Waals surface area (Å²) in [5, 5.41) is 0. The summed E-state index contributed by atoms with van der Waals surface area (Å²) in [4.78, 5) is 29.7. The first-order valence-corrected chi connectivity index (χ1v) is 7.96. The van der Waals surface area contributed by atoms with E-state index in [1.54, 1.807) is 11.8 Å². The van der Waals surface area contributed by atoms with E-state index in [9.17, 15) is 9.59 Å². The van der Waals surface area contributed by atoms with Crippen molar-refractivity contribution in [2.24, 2.45) is 0 Å². The highest BCUT2D eigenvalue weighted by atomic mass is 16.2. The summed E-state index contributed by atoms with van der Waals surface area (Å²) in [7, 11) is 0. The number of amides is 2. The molecule has 5 nitrogen and oxygen atoms in total. The number of piperazine rings is 1. The lowest BCUT2D eigenvalue weighted by Gasteiger charge is -2.36. The van der Waals surface area contributed by atoms with Gasteiger partial charge in [-0.25, -0.2) is 0 Å². The van der Waals surface area contributed by atoms with E-state index >= 15 is 0 Å². The molecule has 3 rings (SSSR count). The summed E-state index contributed by atoms with van der Waals surface area (Å²) in [6.07, 6.45) is 1.02. The summed E-state index contributed by atoms with van der Waals surface area (Å²) in [5.74, 6) is 0.280. The van der Waals surface area contributed by atoms with Crippen molar-refractivity contribution in [3.63, 3.8) is 0 Å². The van der Waals surface area contributed by atoms with E-state index in [4.69, 9.17) is 0 Å². The highest BCUT2D eigenvalue weighted by Crippen LogP contribution is 2.18. The Kier molecular flexibility index (Phi) is 4.43. The lowest BCUT2D eigenvalue weighted by atomic mass is 10.00. The van der Waals surface area contributed by atoms with Gasteiger partial charge in [-0.3, -0.25) is 14.5 Å². The van der Waals surface area contributed by atoms with Crippen LogP contribution in [0.4, 0.5) is 0 Å². The van der Waals surface area contributed by atoms with Gasteiger partial charge in [0.25, 0.3) is 0 Å². The SMILES string of the molecule is CC(=O)N1CCN(C(=O)CN2CCc3ccccc3C2)CC1. The Morgan fingerprint density at radius 1 is 0.955 bits per heavy atom. The molecule has 0 spiro atoms. The molecule has 2 aliphatic rings. The molecule has 118 valence electrons. The molecule has 1 aromatic carbocycles. The van der Waals surface area contributed by atoms with Crippen LogP contribution in [0.1, 0.15) is 18.1 Å². The van der Waals surface area contributed by atoms with Gasteiger partial charge in [0, 0.05) is 46.2 Å². The van der Waals surface area contributed by atoms with Crippen LogP contribution in [0.15, 0.2) is 24.3 Å². The maximum atomic E-state index is 12.4. The largest absolute Gasteiger partial charge is 0.339 e. The quantitative estimate of drug-likeness (QED) is 0.809. The average Bonchev–Trinajstić information content (AvgIpc) is 2.55. The van der Waals surface area contributed by atoms with E-state index < -0.39 is 0 Å². The van der Waals surface area contributed by atoms with Crippen molar-refractivity contribution < 1.29 is 9.59 Å². The molecule has 0 aromatic heterocycles. The first-order chi connectivity index (χ1) is 10.6. The molecule has 2 amide bonds. The predicted molar refractivity (Wildman–Crippen MR) is 84.3 cm³/mol. The second-order valence-corrected chi connectivity index (χ2v) is 6.12. The molecule has 0 N–H and O–H groups in total. The molecule has 0 aliphatic carbocycles. The summed E-state index contributed by atoms with van der Waals surface area (Å²) >= 11 is 0. The second kappa shape index (κ2) is 6.48. The molecule has 0 atom stereocenters. The van der Waals surface area contributed by atoms with Crippen LogP contribution in [0, 0.1) is 0 Å². The molecular formula is C17H23N3O2. The number of hydrogen-bond acceptors (Lipinski definition) is 3. The van der Waals surface area contributed by atoms with Gasteiger partial charge in [0.2, 0.25) is 11.8 Å². The summed E-state index contributed by atoms with van der Waals surface area (Å²) < 4.78 is 0. The number of nitrogens with zero attached hydrogens (tertiary/aromatic N) is 3. The monoisotopic (exact) mass is 301 g/mol. The second-order valence-electron chi connectivity index (χ2n) is 6.12. The van der Waals surface area contributed by atoms with Gasteiger partial charge in [0.05, 0.1) is 6.54 Å². The van der Waals surface area contributed by atoms with Gasteiger partial charge in [-0.2, -0.15) is 0 Å². The third kappa shape index (κ3) is 3.30. The van der Waals surface area contributed by atoms with E-state index in [0.29, 0.717) is 32.7 Å². The Labute approximate surface area is 131 Å². The Bertz CT molecular complexity index is 565. The van der Waals surface area contributed by atoms with E-state index in [2.05, 4.69) is 29.2 Å². The Balaban J connectivity index is 1.52. The topological polar surface area (TPSA) is 43.9 Å². The smallest absolute Gasteiger partial charge is 0.236 e. The average molecular weight is 301 g/mol. The third-order valence-electron chi connectivity index (χ3n) is 4.65.